The zero-order chi connectivity index (χ0) is 16.0. The maximum Gasteiger partial charge on any atom is 0.255 e. The second kappa shape index (κ2) is 7.26. The Morgan fingerprint density at radius 1 is 1.29 bits per heavy atom. The number of carbonyl (C=O) groups is 1. The van der Waals surface area contributed by atoms with Gasteiger partial charge in [-0.2, -0.15) is 0 Å². The van der Waals surface area contributed by atoms with Gasteiger partial charge in [-0.25, -0.2) is 0 Å². The van der Waals surface area contributed by atoms with Crippen LogP contribution in [0.3, 0.4) is 0 Å². The highest BCUT2D eigenvalue weighted by molar-refractivity contribution is 7.80. The lowest BCUT2D eigenvalue weighted by Gasteiger charge is -2.32. The molecule has 0 unspecified atom stereocenters. The van der Waals surface area contributed by atoms with Gasteiger partial charge < -0.3 is 20.5 Å². The van der Waals surface area contributed by atoms with Crippen molar-refractivity contribution in [1.29, 1.82) is 0 Å². The van der Waals surface area contributed by atoms with Gasteiger partial charge in [0.1, 0.15) is 0 Å². The minimum Gasteiger partial charge on any atom is -0.493 e. The molecule has 0 atom stereocenters. The highest BCUT2D eigenvalue weighted by Gasteiger charge is 2.32. The molecule has 0 aliphatic heterocycles. The fourth-order valence-electron chi connectivity index (χ4n) is 2.19. The number of amides is 1. The Labute approximate surface area is 130 Å². The Balaban J connectivity index is 3.18. The number of thiocarbonyl (C=S) groups is 1. The lowest BCUT2D eigenvalue weighted by Crippen LogP contribution is -2.56. The minimum absolute atomic E-state index is 0.280. The zero-order valence-electron chi connectivity index (χ0n) is 12.9. The molecule has 0 heterocycles. The minimum atomic E-state index is -0.694. The molecule has 3 N–H and O–H groups in total. The SMILES string of the molecule is CCC(CC)(NC(=O)c1cccc(OC)c1OC)C(N)=S. The summed E-state index contributed by atoms with van der Waals surface area (Å²) in [6, 6.07) is 5.14. The first-order valence-corrected chi connectivity index (χ1v) is 7.20. The molecule has 21 heavy (non-hydrogen) atoms. The van der Waals surface area contributed by atoms with E-state index >= 15 is 0 Å². The maximum atomic E-state index is 12.6. The van der Waals surface area contributed by atoms with Gasteiger partial charge in [-0.15, -0.1) is 0 Å². The first kappa shape index (κ1) is 17.2. The zero-order valence-corrected chi connectivity index (χ0v) is 13.7. The third-order valence-corrected chi connectivity index (χ3v) is 4.07. The summed E-state index contributed by atoms with van der Waals surface area (Å²) in [6.07, 6.45) is 1.24. The van der Waals surface area contributed by atoms with Crippen LogP contribution >= 0.6 is 12.2 Å². The van der Waals surface area contributed by atoms with Crippen LogP contribution in [0.2, 0.25) is 0 Å². The van der Waals surface area contributed by atoms with E-state index in [1.807, 2.05) is 13.8 Å². The van der Waals surface area contributed by atoms with Crippen LogP contribution < -0.4 is 20.5 Å². The summed E-state index contributed by atoms with van der Waals surface area (Å²) in [5.74, 6) is 0.600. The first-order valence-electron chi connectivity index (χ1n) is 6.79. The number of ether oxygens (including phenoxy) is 2. The summed E-state index contributed by atoms with van der Waals surface area (Å²) < 4.78 is 10.5. The van der Waals surface area contributed by atoms with Crippen molar-refractivity contribution in [2.45, 2.75) is 32.2 Å². The first-order chi connectivity index (χ1) is 9.95. The molecule has 0 fully saturated rings. The molecule has 0 aliphatic carbocycles. The fourth-order valence-corrected chi connectivity index (χ4v) is 2.53. The third kappa shape index (κ3) is 3.44. The summed E-state index contributed by atoms with van der Waals surface area (Å²) in [4.78, 5) is 12.8. The van der Waals surface area contributed by atoms with Gasteiger partial charge in [0.25, 0.3) is 5.91 Å². The number of nitrogens with two attached hydrogens (primary N) is 1. The number of hydrogen-bond acceptors (Lipinski definition) is 4. The Kier molecular flexibility index (Phi) is 5.96. The van der Waals surface area contributed by atoms with Crippen molar-refractivity contribution in [1.82, 2.24) is 5.32 Å². The molecule has 0 spiro atoms. The second-order valence-electron chi connectivity index (χ2n) is 4.65. The molecule has 0 radical (unpaired) electrons. The van der Waals surface area contributed by atoms with Crippen molar-refractivity contribution in [3.8, 4) is 11.5 Å². The van der Waals surface area contributed by atoms with Crippen LogP contribution in [0.25, 0.3) is 0 Å². The fraction of sp³-hybridized carbons (Fsp3) is 0.467. The molecule has 5 nitrogen and oxygen atoms in total. The molecule has 0 saturated heterocycles. The molecule has 0 aromatic heterocycles. The van der Waals surface area contributed by atoms with E-state index < -0.39 is 5.54 Å². The van der Waals surface area contributed by atoms with E-state index in [2.05, 4.69) is 5.32 Å². The molecule has 1 amide bonds. The number of benzene rings is 1. The predicted octanol–water partition coefficient (Wildman–Crippen LogP) is 2.28. The van der Waals surface area contributed by atoms with Gasteiger partial charge in [-0.1, -0.05) is 32.1 Å². The van der Waals surface area contributed by atoms with Gasteiger partial charge >= 0.3 is 0 Å². The molecule has 6 heteroatoms. The number of nitrogens with one attached hydrogen (secondary N) is 1. The van der Waals surface area contributed by atoms with Crippen LogP contribution in [0.1, 0.15) is 37.0 Å². The molecule has 0 saturated carbocycles. The van der Waals surface area contributed by atoms with Crippen LogP contribution in [0.15, 0.2) is 18.2 Å². The third-order valence-electron chi connectivity index (χ3n) is 3.68. The van der Waals surface area contributed by atoms with Crippen molar-refractivity contribution in [3.05, 3.63) is 23.8 Å². The van der Waals surface area contributed by atoms with Gasteiger partial charge in [-0.3, -0.25) is 4.79 Å². The van der Waals surface area contributed by atoms with Gasteiger partial charge in [0.15, 0.2) is 11.5 Å². The van der Waals surface area contributed by atoms with Crippen molar-refractivity contribution >= 4 is 23.1 Å². The van der Waals surface area contributed by atoms with Gasteiger partial charge in [-0.05, 0) is 25.0 Å². The summed E-state index contributed by atoms with van der Waals surface area (Å²) in [7, 11) is 3.02. The highest BCUT2D eigenvalue weighted by atomic mass is 32.1. The molecule has 1 aromatic carbocycles. The van der Waals surface area contributed by atoms with E-state index in [4.69, 9.17) is 27.4 Å². The molecule has 1 rings (SSSR count). The van der Waals surface area contributed by atoms with E-state index in [1.165, 1.54) is 14.2 Å². The normalized spacial score (nSPS) is 10.9. The van der Waals surface area contributed by atoms with Gasteiger partial charge in [0.2, 0.25) is 0 Å². The number of rotatable bonds is 7. The van der Waals surface area contributed by atoms with E-state index in [0.29, 0.717) is 29.9 Å². The second-order valence-corrected chi connectivity index (χ2v) is 5.09. The maximum absolute atomic E-state index is 12.6. The Morgan fingerprint density at radius 3 is 2.33 bits per heavy atom. The summed E-state index contributed by atoms with van der Waals surface area (Å²) in [6.45, 7) is 3.87. The molecule has 0 aliphatic rings. The lowest BCUT2D eigenvalue weighted by molar-refractivity contribution is 0.0916. The molecular formula is C15H22N2O3S. The number of carbonyl (C=O) groups excluding carboxylic acids is 1. The van der Waals surface area contributed by atoms with E-state index in [9.17, 15) is 4.79 Å². The molecule has 116 valence electrons. The lowest BCUT2D eigenvalue weighted by atomic mass is 9.92. The number of methoxy groups -OCH3 is 2. The summed E-state index contributed by atoms with van der Waals surface area (Å²) in [5, 5.41) is 2.93. The van der Waals surface area contributed by atoms with Crippen molar-refractivity contribution < 1.29 is 14.3 Å². The van der Waals surface area contributed by atoms with Crippen LogP contribution in [-0.4, -0.2) is 30.7 Å². The van der Waals surface area contributed by atoms with E-state index in [-0.39, 0.29) is 10.9 Å². The van der Waals surface area contributed by atoms with E-state index in [0.717, 1.165) is 0 Å². The van der Waals surface area contributed by atoms with Crippen LogP contribution in [0, 0.1) is 0 Å². The average Bonchev–Trinajstić information content (AvgIpc) is 2.51. The summed E-state index contributed by atoms with van der Waals surface area (Å²) >= 11 is 5.11. The number of hydrogen-bond donors (Lipinski definition) is 2. The highest BCUT2D eigenvalue weighted by Crippen LogP contribution is 2.31. The van der Waals surface area contributed by atoms with Gasteiger partial charge in [0, 0.05) is 0 Å². The molecular weight excluding hydrogens is 288 g/mol. The Hall–Kier alpha value is -1.82. The average molecular weight is 310 g/mol. The van der Waals surface area contributed by atoms with Crippen LogP contribution in [0.5, 0.6) is 11.5 Å². The van der Waals surface area contributed by atoms with Crippen molar-refractivity contribution in [2.75, 3.05) is 14.2 Å². The summed E-state index contributed by atoms with van der Waals surface area (Å²) in [5.41, 5.74) is 5.50. The predicted molar refractivity (Wildman–Crippen MR) is 87.1 cm³/mol. The molecule has 1 aromatic rings. The van der Waals surface area contributed by atoms with Crippen LogP contribution in [-0.2, 0) is 0 Å². The largest absolute Gasteiger partial charge is 0.493 e. The van der Waals surface area contributed by atoms with E-state index in [1.54, 1.807) is 18.2 Å². The molecule has 0 bridgehead atoms. The standard InChI is InChI=1S/C15H22N2O3S/c1-5-15(6-2,14(16)21)17-13(18)10-8-7-9-11(19-3)12(10)20-4/h7-9H,5-6H2,1-4H3,(H2,16,21)(H,17,18). The smallest absolute Gasteiger partial charge is 0.255 e. The Bertz CT molecular complexity index is 528. The van der Waals surface area contributed by atoms with Crippen molar-refractivity contribution in [2.24, 2.45) is 5.73 Å². The van der Waals surface area contributed by atoms with Crippen LogP contribution in [0.4, 0.5) is 0 Å². The van der Waals surface area contributed by atoms with Crippen molar-refractivity contribution in [3.63, 3.8) is 0 Å². The monoisotopic (exact) mass is 310 g/mol. The quantitative estimate of drug-likeness (QED) is 0.756. The number of para-hydroxylation sites is 1. The van der Waals surface area contributed by atoms with Gasteiger partial charge in [0.05, 0.1) is 30.3 Å². The topological polar surface area (TPSA) is 73.6 Å². The Morgan fingerprint density at radius 2 is 1.90 bits per heavy atom.